The first-order valence-corrected chi connectivity index (χ1v) is 7.40. The van der Waals surface area contributed by atoms with E-state index in [2.05, 4.69) is 0 Å². The SMILES string of the molecule is NC(=O)CN(C(=O)c1cc(F)cc2ccoc12)C1CCOCC1. The maximum atomic E-state index is 13.8. The number of fused-ring (bicyclic) bond motifs is 1. The zero-order valence-electron chi connectivity index (χ0n) is 12.5. The number of benzene rings is 1. The normalized spacial score (nSPS) is 15.7. The molecule has 1 aliphatic heterocycles. The molecule has 2 N–H and O–H groups in total. The van der Waals surface area contributed by atoms with E-state index in [1.807, 2.05) is 0 Å². The summed E-state index contributed by atoms with van der Waals surface area (Å²) >= 11 is 0. The van der Waals surface area contributed by atoms with E-state index in [0.717, 1.165) is 6.07 Å². The molecule has 1 saturated heterocycles. The lowest BCUT2D eigenvalue weighted by Crippen LogP contribution is -2.47. The predicted octanol–water partition coefficient (Wildman–Crippen LogP) is 1.68. The zero-order chi connectivity index (χ0) is 16.4. The maximum Gasteiger partial charge on any atom is 0.258 e. The van der Waals surface area contributed by atoms with Crippen LogP contribution in [0.2, 0.25) is 0 Å². The second kappa shape index (κ2) is 6.37. The topological polar surface area (TPSA) is 85.8 Å². The van der Waals surface area contributed by atoms with Crippen molar-refractivity contribution < 1.29 is 23.1 Å². The van der Waals surface area contributed by atoms with Crippen molar-refractivity contribution in [1.82, 2.24) is 4.90 Å². The minimum absolute atomic E-state index is 0.0951. The smallest absolute Gasteiger partial charge is 0.258 e. The van der Waals surface area contributed by atoms with Crippen LogP contribution in [0.1, 0.15) is 23.2 Å². The lowest BCUT2D eigenvalue weighted by molar-refractivity contribution is -0.119. The molecule has 6 nitrogen and oxygen atoms in total. The Morgan fingerprint density at radius 2 is 2.04 bits per heavy atom. The highest BCUT2D eigenvalue weighted by atomic mass is 19.1. The fourth-order valence-corrected chi connectivity index (χ4v) is 2.89. The van der Waals surface area contributed by atoms with Gasteiger partial charge in [-0.3, -0.25) is 9.59 Å². The highest BCUT2D eigenvalue weighted by Crippen LogP contribution is 2.25. The number of hydrogen-bond acceptors (Lipinski definition) is 4. The molecule has 0 saturated carbocycles. The van der Waals surface area contributed by atoms with E-state index < -0.39 is 17.6 Å². The molecule has 0 unspecified atom stereocenters. The van der Waals surface area contributed by atoms with Gasteiger partial charge in [0.05, 0.1) is 18.4 Å². The maximum absolute atomic E-state index is 13.8. The Kier molecular flexibility index (Phi) is 4.29. The first-order valence-electron chi connectivity index (χ1n) is 7.40. The van der Waals surface area contributed by atoms with Crippen LogP contribution in [0, 0.1) is 5.82 Å². The third kappa shape index (κ3) is 3.19. The van der Waals surface area contributed by atoms with Crippen LogP contribution in [-0.4, -0.2) is 42.5 Å². The number of furan rings is 1. The van der Waals surface area contributed by atoms with E-state index in [1.165, 1.54) is 17.2 Å². The summed E-state index contributed by atoms with van der Waals surface area (Å²) in [4.78, 5) is 25.7. The van der Waals surface area contributed by atoms with E-state index in [-0.39, 0.29) is 18.2 Å². The molecule has 122 valence electrons. The number of nitrogens with zero attached hydrogens (tertiary/aromatic N) is 1. The molecule has 0 bridgehead atoms. The molecule has 0 radical (unpaired) electrons. The molecule has 0 aliphatic carbocycles. The fraction of sp³-hybridized carbons (Fsp3) is 0.375. The number of ether oxygens (including phenoxy) is 1. The van der Waals surface area contributed by atoms with E-state index in [4.69, 9.17) is 14.9 Å². The second-order valence-electron chi connectivity index (χ2n) is 5.54. The molecule has 1 aromatic carbocycles. The fourth-order valence-electron chi connectivity index (χ4n) is 2.89. The van der Waals surface area contributed by atoms with E-state index in [9.17, 15) is 14.0 Å². The number of carbonyl (C=O) groups excluding carboxylic acids is 2. The largest absolute Gasteiger partial charge is 0.464 e. The van der Waals surface area contributed by atoms with Crippen LogP contribution < -0.4 is 5.73 Å². The van der Waals surface area contributed by atoms with Gasteiger partial charge in [-0.2, -0.15) is 0 Å². The van der Waals surface area contributed by atoms with Gasteiger partial charge in [-0.1, -0.05) is 0 Å². The van der Waals surface area contributed by atoms with Gasteiger partial charge in [0.25, 0.3) is 5.91 Å². The first kappa shape index (κ1) is 15.5. The van der Waals surface area contributed by atoms with E-state index in [0.29, 0.717) is 37.0 Å². The summed E-state index contributed by atoms with van der Waals surface area (Å²) in [6, 6.07) is 3.84. The van der Waals surface area contributed by atoms with Crippen LogP contribution in [0.15, 0.2) is 28.9 Å². The quantitative estimate of drug-likeness (QED) is 0.928. The number of hydrogen-bond donors (Lipinski definition) is 1. The van der Waals surface area contributed by atoms with Gasteiger partial charge in [0.15, 0.2) is 0 Å². The molecule has 23 heavy (non-hydrogen) atoms. The monoisotopic (exact) mass is 320 g/mol. The summed E-state index contributed by atoms with van der Waals surface area (Å²) in [6.07, 6.45) is 2.61. The Balaban J connectivity index is 1.98. The molecular weight excluding hydrogens is 303 g/mol. The van der Waals surface area contributed by atoms with Gasteiger partial charge in [-0.05, 0) is 31.0 Å². The molecule has 0 spiro atoms. The van der Waals surface area contributed by atoms with Crippen LogP contribution in [0.25, 0.3) is 11.0 Å². The van der Waals surface area contributed by atoms with Crippen LogP contribution in [-0.2, 0) is 9.53 Å². The van der Waals surface area contributed by atoms with Crippen LogP contribution >= 0.6 is 0 Å². The Morgan fingerprint density at radius 1 is 1.30 bits per heavy atom. The summed E-state index contributed by atoms with van der Waals surface area (Å²) < 4.78 is 24.4. The van der Waals surface area contributed by atoms with Gasteiger partial charge < -0.3 is 19.8 Å². The van der Waals surface area contributed by atoms with Gasteiger partial charge in [0.2, 0.25) is 5.91 Å². The molecule has 2 amide bonds. The molecule has 0 atom stereocenters. The molecule has 1 aromatic heterocycles. The van der Waals surface area contributed by atoms with Gasteiger partial charge in [0, 0.05) is 24.6 Å². The van der Waals surface area contributed by atoms with E-state index in [1.54, 1.807) is 6.07 Å². The van der Waals surface area contributed by atoms with Crippen molar-refractivity contribution in [2.24, 2.45) is 5.73 Å². The number of primary amides is 1. The molecule has 3 rings (SSSR count). The third-order valence-electron chi connectivity index (χ3n) is 3.96. The van der Waals surface area contributed by atoms with Crippen molar-refractivity contribution in [3.8, 4) is 0 Å². The first-order chi connectivity index (χ1) is 11.1. The average Bonchev–Trinajstić information content (AvgIpc) is 3.00. The lowest BCUT2D eigenvalue weighted by atomic mass is 10.0. The lowest BCUT2D eigenvalue weighted by Gasteiger charge is -2.33. The third-order valence-corrected chi connectivity index (χ3v) is 3.96. The standard InChI is InChI=1S/C16H17FN2O4/c17-11-7-10-1-6-23-15(10)13(8-11)16(21)19(9-14(18)20)12-2-4-22-5-3-12/h1,6-8,12H,2-5,9H2,(H2,18,20). The van der Waals surface area contributed by atoms with Crippen molar-refractivity contribution in [2.45, 2.75) is 18.9 Å². The van der Waals surface area contributed by atoms with Crippen molar-refractivity contribution in [3.63, 3.8) is 0 Å². The Labute approximate surface area is 132 Å². The van der Waals surface area contributed by atoms with Crippen molar-refractivity contribution in [3.05, 3.63) is 35.8 Å². The summed E-state index contributed by atoms with van der Waals surface area (Å²) in [5, 5.41) is 0.499. The van der Waals surface area contributed by atoms with Crippen molar-refractivity contribution in [1.29, 1.82) is 0 Å². The number of carbonyl (C=O) groups is 2. The Morgan fingerprint density at radius 3 is 2.74 bits per heavy atom. The van der Waals surface area contributed by atoms with Crippen LogP contribution in [0.4, 0.5) is 4.39 Å². The summed E-state index contributed by atoms with van der Waals surface area (Å²) in [5.41, 5.74) is 5.68. The number of amides is 2. The number of rotatable bonds is 4. The predicted molar refractivity (Wildman–Crippen MR) is 80.2 cm³/mol. The summed E-state index contributed by atoms with van der Waals surface area (Å²) in [5.74, 6) is -1.61. The minimum atomic E-state index is -0.614. The van der Waals surface area contributed by atoms with Gasteiger partial charge in [-0.15, -0.1) is 0 Å². The van der Waals surface area contributed by atoms with Crippen molar-refractivity contribution >= 4 is 22.8 Å². The molecule has 2 heterocycles. The Bertz CT molecular complexity index is 737. The zero-order valence-corrected chi connectivity index (χ0v) is 12.5. The summed E-state index contributed by atoms with van der Waals surface area (Å²) in [6.45, 7) is 0.793. The summed E-state index contributed by atoms with van der Waals surface area (Å²) in [7, 11) is 0. The minimum Gasteiger partial charge on any atom is -0.464 e. The van der Waals surface area contributed by atoms with Gasteiger partial charge in [0.1, 0.15) is 11.4 Å². The van der Waals surface area contributed by atoms with Gasteiger partial charge >= 0.3 is 0 Å². The molecule has 1 aliphatic rings. The molecule has 2 aromatic rings. The highest BCUT2D eigenvalue weighted by Gasteiger charge is 2.29. The average molecular weight is 320 g/mol. The van der Waals surface area contributed by atoms with Crippen LogP contribution in [0.5, 0.6) is 0 Å². The second-order valence-corrected chi connectivity index (χ2v) is 5.54. The molecule has 7 heteroatoms. The highest BCUT2D eigenvalue weighted by molar-refractivity contribution is 6.05. The number of halogens is 1. The van der Waals surface area contributed by atoms with Crippen LogP contribution in [0.3, 0.4) is 0 Å². The number of nitrogens with two attached hydrogens (primary N) is 1. The molecular formula is C16H17FN2O4. The van der Waals surface area contributed by atoms with Gasteiger partial charge in [-0.25, -0.2) is 4.39 Å². The molecule has 1 fully saturated rings. The van der Waals surface area contributed by atoms with Crippen molar-refractivity contribution in [2.75, 3.05) is 19.8 Å². The Hall–Kier alpha value is -2.41. The van der Waals surface area contributed by atoms with E-state index >= 15 is 0 Å².